The average molecular weight is 472 g/mol. The number of nitrogens with zero attached hydrogens (tertiary/aromatic N) is 4. The Morgan fingerprint density at radius 3 is 2.77 bits per heavy atom. The van der Waals surface area contributed by atoms with Gasteiger partial charge in [-0.15, -0.1) is 0 Å². The molecule has 5 heterocycles. The number of hydrogen-bond acceptors (Lipinski definition) is 5. The van der Waals surface area contributed by atoms with Crippen LogP contribution in [0.25, 0.3) is 22.0 Å². The van der Waals surface area contributed by atoms with E-state index >= 15 is 0 Å². The lowest BCUT2D eigenvalue weighted by atomic mass is 9.79. The van der Waals surface area contributed by atoms with E-state index in [0.717, 1.165) is 61.4 Å². The van der Waals surface area contributed by atoms with Crippen LogP contribution < -0.4 is 4.90 Å². The fourth-order valence-electron chi connectivity index (χ4n) is 6.31. The monoisotopic (exact) mass is 471 g/mol. The first-order valence-electron chi connectivity index (χ1n) is 12.5. The number of H-pyrrole nitrogens is 1. The van der Waals surface area contributed by atoms with Gasteiger partial charge in [0.25, 0.3) is 0 Å². The summed E-state index contributed by atoms with van der Waals surface area (Å²) in [5, 5.41) is 8.61. The van der Waals surface area contributed by atoms with Crippen molar-refractivity contribution in [3.63, 3.8) is 0 Å². The van der Waals surface area contributed by atoms with Crippen LogP contribution in [-0.4, -0.2) is 57.8 Å². The van der Waals surface area contributed by atoms with Crippen molar-refractivity contribution < 1.29 is 9.53 Å². The molecular weight excluding hydrogens is 438 g/mol. The Morgan fingerprint density at radius 2 is 2.00 bits per heavy atom. The van der Waals surface area contributed by atoms with Crippen LogP contribution in [0.2, 0.25) is 0 Å². The van der Waals surface area contributed by atoms with E-state index in [-0.39, 0.29) is 16.9 Å². The summed E-state index contributed by atoms with van der Waals surface area (Å²) in [4.78, 5) is 21.7. The normalized spacial score (nSPS) is 20.2. The molecule has 1 amide bonds. The predicted molar refractivity (Wildman–Crippen MR) is 137 cm³/mol. The second-order valence-electron chi connectivity index (χ2n) is 11.2. The highest BCUT2D eigenvalue weighted by Gasteiger charge is 2.49. The Morgan fingerprint density at radius 1 is 1.20 bits per heavy atom. The zero-order valence-electron chi connectivity index (χ0n) is 21.1. The standard InChI is InChI=1S/C28H33N5O2/c1-6-23(34)33-15-28(16-33)9-10-32(14-28)26-18(3)25(20-13-35-27(4,5)11-22(20)30-26)24-17(2)7-8-21-19(24)12-29-31-21/h6-8,12H,1,9-11,13-16H2,2-5H3,(H,29,31). The Kier molecular flexibility index (Phi) is 4.87. The molecule has 1 spiro atoms. The third-order valence-corrected chi connectivity index (χ3v) is 8.16. The van der Waals surface area contributed by atoms with Crippen molar-refractivity contribution in [3.05, 3.63) is 53.4 Å². The van der Waals surface area contributed by atoms with Crippen molar-refractivity contribution in [2.45, 2.75) is 52.7 Å². The number of benzene rings is 1. The molecule has 0 atom stereocenters. The number of pyridine rings is 1. The van der Waals surface area contributed by atoms with E-state index in [9.17, 15) is 4.79 Å². The number of aromatic amines is 1. The van der Waals surface area contributed by atoms with Crippen molar-refractivity contribution in [2.75, 3.05) is 31.1 Å². The molecule has 0 saturated carbocycles. The fourth-order valence-corrected chi connectivity index (χ4v) is 6.31. The summed E-state index contributed by atoms with van der Waals surface area (Å²) >= 11 is 0. The molecular formula is C28H33N5O2. The van der Waals surface area contributed by atoms with E-state index in [0.29, 0.717) is 6.61 Å². The molecule has 2 saturated heterocycles. The number of likely N-dealkylation sites (tertiary alicyclic amines) is 1. The van der Waals surface area contributed by atoms with Crippen molar-refractivity contribution in [3.8, 4) is 11.1 Å². The first-order chi connectivity index (χ1) is 16.7. The number of carbonyl (C=O) groups is 1. The van der Waals surface area contributed by atoms with Crippen LogP contribution in [0, 0.1) is 19.3 Å². The Bertz CT molecular complexity index is 1370. The lowest BCUT2D eigenvalue weighted by Crippen LogP contribution is -2.59. The highest BCUT2D eigenvalue weighted by atomic mass is 16.5. The summed E-state index contributed by atoms with van der Waals surface area (Å²) in [6.45, 7) is 16.3. The molecule has 6 rings (SSSR count). The van der Waals surface area contributed by atoms with Crippen molar-refractivity contribution >= 4 is 22.6 Å². The predicted octanol–water partition coefficient (Wildman–Crippen LogP) is 4.32. The van der Waals surface area contributed by atoms with E-state index in [4.69, 9.17) is 9.72 Å². The molecule has 0 bridgehead atoms. The van der Waals surface area contributed by atoms with Crippen molar-refractivity contribution in [1.82, 2.24) is 20.1 Å². The van der Waals surface area contributed by atoms with Gasteiger partial charge in [0.2, 0.25) is 5.91 Å². The number of aromatic nitrogens is 3. The zero-order chi connectivity index (χ0) is 24.5. The van der Waals surface area contributed by atoms with Crippen LogP contribution in [0.4, 0.5) is 5.82 Å². The number of nitrogens with one attached hydrogen (secondary N) is 1. The molecule has 1 aromatic carbocycles. The van der Waals surface area contributed by atoms with E-state index < -0.39 is 0 Å². The van der Waals surface area contributed by atoms with Gasteiger partial charge in [-0.1, -0.05) is 12.6 Å². The van der Waals surface area contributed by atoms with Gasteiger partial charge < -0.3 is 14.5 Å². The van der Waals surface area contributed by atoms with Gasteiger partial charge in [-0.3, -0.25) is 9.89 Å². The van der Waals surface area contributed by atoms with Gasteiger partial charge in [0.05, 0.1) is 29.6 Å². The number of anilines is 1. The Balaban J connectivity index is 1.46. The van der Waals surface area contributed by atoms with Crippen LogP contribution in [0.5, 0.6) is 0 Å². The van der Waals surface area contributed by atoms with E-state index in [1.165, 1.54) is 33.9 Å². The first kappa shape index (κ1) is 22.3. The highest BCUT2D eigenvalue weighted by molar-refractivity contribution is 5.98. The first-order valence-corrected chi connectivity index (χ1v) is 12.5. The fraction of sp³-hybridized carbons (Fsp3) is 0.464. The molecule has 3 aliphatic heterocycles. The maximum Gasteiger partial charge on any atom is 0.245 e. The molecule has 3 aromatic rings. The molecule has 3 aliphatic rings. The number of amides is 1. The highest BCUT2D eigenvalue weighted by Crippen LogP contribution is 2.46. The minimum atomic E-state index is -0.244. The van der Waals surface area contributed by atoms with Crippen LogP contribution in [-0.2, 0) is 22.6 Å². The van der Waals surface area contributed by atoms with E-state index in [1.54, 1.807) is 0 Å². The van der Waals surface area contributed by atoms with Gasteiger partial charge in [-0.05, 0) is 68.5 Å². The molecule has 0 aliphatic carbocycles. The number of carbonyl (C=O) groups excluding carboxylic acids is 1. The topological polar surface area (TPSA) is 74.4 Å². The molecule has 2 aromatic heterocycles. The van der Waals surface area contributed by atoms with Crippen molar-refractivity contribution in [1.29, 1.82) is 0 Å². The van der Waals surface area contributed by atoms with Gasteiger partial charge in [0, 0.05) is 49.0 Å². The van der Waals surface area contributed by atoms with Crippen molar-refractivity contribution in [2.24, 2.45) is 5.41 Å². The van der Waals surface area contributed by atoms with Gasteiger partial charge in [-0.25, -0.2) is 4.98 Å². The molecule has 182 valence electrons. The van der Waals surface area contributed by atoms with Gasteiger partial charge >= 0.3 is 0 Å². The third-order valence-electron chi connectivity index (χ3n) is 8.16. The number of aryl methyl sites for hydroxylation is 1. The van der Waals surface area contributed by atoms with E-state index in [2.05, 4.69) is 61.5 Å². The molecule has 7 heteroatoms. The lowest BCUT2D eigenvalue weighted by molar-refractivity contribution is -0.136. The summed E-state index contributed by atoms with van der Waals surface area (Å²) in [5.74, 6) is 1.10. The molecule has 1 N–H and O–H groups in total. The third kappa shape index (κ3) is 3.47. The second-order valence-corrected chi connectivity index (χ2v) is 11.2. The smallest absolute Gasteiger partial charge is 0.245 e. The maximum absolute atomic E-state index is 12.0. The van der Waals surface area contributed by atoms with Crippen LogP contribution in [0.1, 0.15) is 42.7 Å². The molecule has 0 unspecified atom stereocenters. The molecule has 0 radical (unpaired) electrons. The quantitative estimate of drug-likeness (QED) is 0.576. The van der Waals surface area contributed by atoms with Crippen LogP contribution in [0.3, 0.4) is 0 Å². The molecule has 2 fully saturated rings. The second kappa shape index (κ2) is 7.65. The summed E-state index contributed by atoms with van der Waals surface area (Å²) in [6, 6.07) is 4.27. The number of fused-ring (bicyclic) bond motifs is 2. The Hall–Kier alpha value is -3.19. The number of ether oxygens (including phenoxy) is 1. The number of hydrogen-bond donors (Lipinski definition) is 1. The minimum absolute atomic E-state index is 0.0327. The lowest BCUT2D eigenvalue weighted by Gasteiger charge is -2.47. The summed E-state index contributed by atoms with van der Waals surface area (Å²) in [5.41, 5.74) is 8.16. The van der Waals surface area contributed by atoms with Gasteiger partial charge in [0.1, 0.15) is 5.82 Å². The summed E-state index contributed by atoms with van der Waals surface area (Å²) in [7, 11) is 0. The van der Waals surface area contributed by atoms with Gasteiger partial charge in [0.15, 0.2) is 0 Å². The van der Waals surface area contributed by atoms with E-state index in [1.807, 2.05) is 11.1 Å². The largest absolute Gasteiger partial charge is 0.370 e. The number of rotatable bonds is 3. The minimum Gasteiger partial charge on any atom is -0.370 e. The van der Waals surface area contributed by atoms with Crippen LogP contribution in [0.15, 0.2) is 31.0 Å². The Labute approximate surface area is 206 Å². The molecule has 35 heavy (non-hydrogen) atoms. The SMILES string of the molecule is C=CC(=O)N1CC2(CCN(c3nc4c(c(-c5c(C)ccc6[nH]ncc56)c3C)COC(C)(C)C4)C2)C1. The summed E-state index contributed by atoms with van der Waals surface area (Å²) in [6.07, 6.45) is 5.21. The zero-order valence-corrected chi connectivity index (χ0v) is 21.1. The van der Waals surface area contributed by atoms with Crippen LogP contribution >= 0.6 is 0 Å². The maximum atomic E-state index is 12.0. The van der Waals surface area contributed by atoms with Gasteiger partial charge in [-0.2, -0.15) is 5.10 Å². The molecule has 7 nitrogen and oxygen atoms in total. The average Bonchev–Trinajstić information content (AvgIpc) is 3.45. The summed E-state index contributed by atoms with van der Waals surface area (Å²) < 4.78 is 6.29.